The van der Waals surface area contributed by atoms with Gasteiger partial charge in [0.25, 0.3) is 5.91 Å². The van der Waals surface area contributed by atoms with Crippen LogP contribution in [0, 0.1) is 5.41 Å². The largest absolute Gasteiger partial charge is 0.339 e. The maximum Gasteiger partial charge on any atom is 0.253 e. The lowest BCUT2D eigenvalue weighted by atomic mass is 9.75. The molecule has 6 nitrogen and oxygen atoms in total. The summed E-state index contributed by atoms with van der Waals surface area (Å²) in [7, 11) is 0. The number of hydrogen-bond acceptors (Lipinski definition) is 4. The van der Waals surface area contributed by atoms with Gasteiger partial charge in [-0.15, -0.1) is 0 Å². The van der Waals surface area contributed by atoms with Gasteiger partial charge in [0, 0.05) is 35.9 Å². The molecular weight excluding hydrogens is 400 g/mol. The van der Waals surface area contributed by atoms with Crippen LogP contribution in [0.5, 0.6) is 0 Å². The van der Waals surface area contributed by atoms with Crippen molar-refractivity contribution in [2.24, 2.45) is 5.41 Å². The highest BCUT2D eigenvalue weighted by Crippen LogP contribution is 2.44. The van der Waals surface area contributed by atoms with Gasteiger partial charge in [-0.1, -0.05) is 18.5 Å². The molecule has 2 fully saturated rings. The van der Waals surface area contributed by atoms with E-state index in [0.717, 1.165) is 25.9 Å². The third-order valence-electron chi connectivity index (χ3n) is 6.58. The van der Waals surface area contributed by atoms with Crippen LogP contribution in [0.4, 0.5) is 5.69 Å². The van der Waals surface area contributed by atoms with Gasteiger partial charge in [0.05, 0.1) is 17.3 Å². The fraction of sp³-hybridized carbons (Fsp3) is 0.435. The zero-order valence-electron chi connectivity index (χ0n) is 17.2. The van der Waals surface area contributed by atoms with Gasteiger partial charge < -0.3 is 10.2 Å². The van der Waals surface area contributed by atoms with E-state index in [1.54, 1.807) is 36.7 Å². The number of rotatable bonds is 4. The number of benzene rings is 1. The van der Waals surface area contributed by atoms with Crippen molar-refractivity contribution in [1.29, 1.82) is 0 Å². The van der Waals surface area contributed by atoms with Crippen LogP contribution >= 0.6 is 11.6 Å². The molecule has 2 amide bonds. The molecule has 2 saturated heterocycles. The molecule has 0 aliphatic carbocycles. The van der Waals surface area contributed by atoms with Gasteiger partial charge in [0.2, 0.25) is 5.91 Å². The Balaban J connectivity index is 1.56. The van der Waals surface area contributed by atoms with Gasteiger partial charge in [-0.2, -0.15) is 0 Å². The molecule has 30 heavy (non-hydrogen) atoms. The molecule has 0 bridgehead atoms. The minimum Gasteiger partial charge on any atom is -0.339 e. The number of fused-ring (bicyclic) bond motifs is 1. The molecule has 1 N–H and O–H groups in total. The Bertz CT molecular complexity index is 905. The maximum atomic E-state index is 13.5. The first kappa shape index (κ1) is 20.8. The molecular formula is C23H27ClN4O2. The Morgan fingerprint density at radius 2 is 1.93 bits per heavy atom. The summed E-state index contributed by atoms with van der Waals surface area (Å²) >= 11 is 5.97. The highest BCUT2D eigenvalue weighted by molar-refractivity contribution is 6.30. The van der Waals surface area contributed by atoms with E-state index in [2.05, 4.69) is 22.1 Å². The Kier molecular flexibility index (Phi) is 6.06. The van der Waals surface area contributed by atoms with Crippen molar-refractivity contribution in [1.82, 2.24) is 14.8 Å². The lowest BCUT2D eigenvalue weighted by Gasteiger charge is -2.35. The molecule has 2 aliphatic heterocycles. The molecule has 0 spiro atoms. The number of halogens is 1. The molecule has 2 aliphatic rings. The molecule has 2 aromatic rings. The van der Waals surface area contributed by atoms with E-state index < -0.39 is 5.41 Å². The number of amides is 2. The van der Waals surface area contributed by atoms with Crippen LogP contribution in [0.2, 0.25) is 5.02 Å². The quantitative estimate of drug-likeness (QED) is 0.809. The fourth-order valence-corrected chi connectivity index (χ4v) is 5.04. The predicted octanol–water partition coefficient (Wildman–Crippen LogP) is 3.69. The number of carbonyl (C=O) groups excluding carboxylic acids is 2. The Hall–Kier alpha value is -2.44. The van der Waals surface area contributed by atoms with Crippen LogP contribution in [-0.4, -0.2) is 58.8 Å². The number of aromatic nitrogens is 1. The Morgan fingerprint density at radius 3 is 2.63 bits per heavy atom. The highest BCUT2D eigenvalue weighted by atomic mass is 35.5. The van der Waals surface area contributed by atoms with Gasteiger partial charge in [-0.25, -0.2) is 0 Å². The van der Waals surface area contributed by atoms with Gasteiger partial charge in [-0.3, -0.25) is 19.5 Å². The molecule has 1 aromatic carbocycles. The smallest absolute Gasteiger partial charge is 0.253 e. The summed E-state index contributed by atoms with van der Waals surface area (Å²) in [6, 6.07) is 10.8. The van der Waals surface area contributed by atoms with E-state index in [1.807, 2.05) is 17.0 Å². The van der Waals surface area contributed by atoms with E-state index in [-0.39, 0.29) is 17.9 Å². The molecule has 0 unspecified atom stereocenters. The van der Waals surface area contributed by atoms with Crippen molar-refractivity contribution in [3.63, 3.8) is 0 Å². The zero-order chi connectivity index (χ0) is 21.1. The number of pyridine rings is 1. The average molecular weight is 427 g/mol. The molecule has 4 rings (SSSR count). The number of nitrogens with one attached hydrogen (secondary N) is 1. The predicted molar refractivity (Wildman–Crippen MR) is 118 cm³/mol. The minimum absolute atomic E-state index is 0.00231. The van der Waals surface area contributed by atoms with Crippen LogP contribution < -0.4 is 5.32 Å². The lowest BCUT2D eigenvalue weighted by Crippen LogP contribution is -2.47. The first-order chi connectivity index (χ1) is 14.5. The van der Waals surface area contributed by atoms with Gasteiger partial charge in [0.15, 0.2) is 0 Å². The second-order valence-corrected chi connectivity index (χ2v) is 8.52. The van der Waals surface area contributed by atoms with E-state index in [9.17, 15) is 9.59 Å². The summed E-state index contributed by atoms with van der Waals surface area (Å²) in [5.74, 6) is 0.0368. The molecule has 2 atom stereocenters. The van der Waals surface area contributed by atoms with Gasteiger partial charge in [0.1, 0.15) is 0 Å². The number of nitrogens with zero attached hydrogens (tertiary/aromatic N) is 3. The summed E-state index contributed by atoms with van der Waals surface area (Å²) in [6.45, 7) is 5.15. The second-order valence-electron chi connectivity index (χ2n) is 8.08. The fourth-order valence-electron chi connectivity index (χ4n) is 4.92. The van der Waals surface area contributed by atoms with E-state index in [4.69, 9.17) is 11.6 Å². The monoisotopic (exact) mass is 426 g/mol. The Morgan fingerprint density at radius 1 is 1.17 bits per heavy atom. The standard InChI is InChI=1S/C23H27ClN4O2/c1-2-27-14-10-23(22(30)26-19-4-3-12-25-16-19)11-15-28(13-9-20(23)27)21(29)17-5-7-18(24)8-6-17/h3-8,12,16,20H,2,9-11,13-15H2,1H3,(H,26,30)/t20-,23-/m1/s1. The maximum absolute atomic E-state index is 13.5. The molecule has 158 valence electrons. The van der Waals surface area contributed by atoms with Crippen LogP contribution in [0.3, 0.4) is 0 Å². The molecule has 1 aromatic heterocycles. The Labute approximate surface area is 182 Å². The van der Waals surface area contributed by atoms with E-state index in [0.29, 0.717) is 35.8 Å². The third kappa shape index (κ3) is 3.94. The van der Waals surface area contributed by atoms with Crippen molar-refractivity contribution in [3.8, 4) is 0 Å². The number of hydrogen-bond donors (Lipinski definition) is 1. The number of anilines is 1. The van der Waals surface area contributed by atoms with Crippen LogP contribution in [0.1, 0.15) is 36.5 Å². The average Bonchev–Trinajstić information content (AvgIpc) is 3.02. The van der Waals surface area contributed by atoms with E-state index in [1.165, 1.54) is 0 Å². The van der Waals surface area contributed by atoms with Crippen molar-refractivity contribution < 1.29 is 9.59 Å². The van der Waals surface area contributed by atoms with Crippen molar-refractivity contribution >= 4 is 29.1 Å². The van der Waals surface area contributed by atoms with Gasteiger partial charge in [-0.05, 0) is 68.8 Å². The summed E-state index contributed by atoms with van der Waals surface area (Å²) < 4.78 is 0. The van der Waals surface area contributed by atoms with Crippen molar-refractivity contribution in [3.05, 3.63) is 59.4 Å². The second kappa shape index (κ2) is 8.74. The van der Waals surface area contributed by atoms with Crippen molar-refractivity contribution in [2.45, 2.75) is 32.2 Å². The summed E-state index contributed by atoms with van der Waals surface area (Å²) in [4.78, 5) is 34.9. The van der Waals surface area contributed by atoms with Crippen molar-refractivity contribution in [2.75, 3.05) is 31.5 Å². The van der Waals surface area contributed by atoms with Crippen LogP contribution in [0.25, 0.3) is 0 Å². The van der Waals surface area contributed by atoms with Crippen LogP contribution in [-0.2, 0) is 4.79 Å². The first-order valence-electron chi connectivity index (χ1n) is 10.5. The van der Waals surface area contributed by atoms with E-state index >= 15 is 0 Å². The highest BCUT2D eigenvalue weighted by Gasteiger charge is 2.53. The number of carbonyl (C=O) groups is 2. The summed E-state index contributed by atoms with van der Waals surface area (Å²) in [5.41, 5.74) is 0.845. The summed E-state index contributed by atoms with van der Waals surface area (Å²) in [6.07, 6.45) is 5.61. The molecule has 3 heterocycles. The topological polar surface area (TPSA) is 65.5 Å². The van der Waals surface area contributed by atoms with Crippen LogP contribution in [0.15, 0.2) is 48.8 Å². The molecule has 0 radical (unpaired) electrons. The minimum atomic E-state index is -0.499. The number of likely N-dealkylation sites (tertiary alicyclic amines) is 2. The lowest BCUT2D eigenvalue weighted by molar-refractivity contribution is -0.127. The van der Waals surface area contributed by atoms with Gasteiger partial charge >= 0.3 is 0 Å². The summed E-state index contributed by atoms with van der Waals surface area (Å²) in [5, 5.41) is 3.69. The molecule has 7 heteroatoms. The SMILES string of the molecule is CCN1CC[C@@]2(C(=O)Nc3cccnc3)CCN(C(=O)c3ccc(Cl)cc3)CC[C@@H]12. The zero-order valence-corrected chi connectivity index (χ0v) is 17.9. The first-order valence-corrected chi connectivity index (χ1v) is 10.9. The normalized spacial score (nSPS) is 24.2. The third-order valence-corrected chi connectivity index (χ3v) is 6.83. The molecule has 0 saturated carbocycles.